The number of carbonyl (C=O) groups is 1. The maximum atomic E-state index is 12.3. The van der Waals surface area contributed by atoms with Gasteiger partial charge in [-0.25, -0.2) is 0 Å². The second kappa shape index (κ2) is 9.20. The predicted molar refractivity (Wildman–Crippen MR) is 108 cm³/mol. The normalized spacial score (nSPS) is 10.6. The average Bonchev–Trinajstić information content (AvgIpc) is 3.09. The fraction of sp³-hybridized carbons (Fsp3) is 0.200. The third kappa shape index (κ3) is 5.55. The van der Waals surface area contributed by atoms with Gasteiger partial charge in [-0.15, -0.1) is 0 Å². The summed E-state index contributed by atoms with van der Waals surface area (Å²) in [5.41, 5.74) is 2.11. The molecule has 9 heteroatoms. The van der Waals surface area contributed by atoms with Crippen LogP contribution in [0.2, 0.25) is 5.02 Å². The minimum atomic E-state index is -0.541. The highest BCUT2D eigenvalue weighted by Crippen LogP contribution is 2.17. The van der Waals surface area contributed by atoms with E-state index in [-0.39, 0.29) is 11.7 Å². The smallest absolute Gasteiger partial charge is 0.390 e. The van der Waals surface area contributed by atoms with Gasteiger partial charge in [0.25, 0.3) is 5.91 Å². The second-order valence-corrected chi connectivity index (χ2v) is 6.76. The van der Waals surface area contributed by atoms with Crippen LogP contribution in [0.25, 0.3) is 0 Å². The van der Waals surface area contributed by atoms with Crippen molar-refractivity contribution in [1.82, 2.24) is 15.1 Å². The van der Waals surface area contributed by atoms with E-state index in [4.69, 9.17) is 16.3 Å². The van der Waals surface area contributed by atoms with E-state index in [9.17, 15) is 14.9 Å². The number of nitro groups is 1. The highest BCUT2D eigenvalue weighted by atomic mass is 35.5. The van der Waals surface area contributed by atoms with Crippen LogP contribution >= 0.6 is 11.6 Å². The molecule has 0 fully saturated rings. The van der Waals surface area contributed by atoms with E-state index in [1.807, 2.05) is 12.1 Å². The lowest BCUT2D eigenvalue weighted by molar-refractivity contribution is -0.389. The molecule has 29 heavy (non-hydrogen) atoms. The van der Waals surface area contributed by atoms with Crippen LogP contribution in [0.15, 0.2) is 54.6 Å². The molecular weight excluding hydrogens is 396 g/mol. The number of amides is 1. The molecule has 1 aromatic heterocycles. The number of nitrogens with one attached hydrogen (secondary N) is 1. The van der Waals surface area contributed by atoms with Gasteiger partial charge in [-0.3, -0.25) is 4.79 Å². The first-order chi connectivity index (χ1) is 13.9. The van der Waals surface area contributed by atoms with Gasteiger partial charge >= 0.3 is 5.82 Å². The summed E-state index contributed by atoms with van der Waals surface area (Å²) in [6, 6.07) is 15.6. The zero-order chi connectivity index (χ0) is 20.8. The maximum absolute atomic E-state index is 12.3. The molecule has 0 aliphatic carbocycles. The molecule has 3 aromatic rings. The molecule has 0 unspecified atom stereocenters. The van der Waals surface area contributed by atoms with Crippen LogP contribution < -0.4 is 10.1 Å². The van der Waals surface area contributed by atoms with Gasteiger partial charge in [-0.05, 0) is 53.8 Å². The van der Waals surface area contributed by atoms with E-state index in [0.29, 0.717) is 41.7 Å². The van der Waals surface area contributed by atoms with Gasteiger partial charge in [0.1, 0.15) is 12.4 Å². The molecule has 1 amide bonds. The lowest BCUT2D eigenvalue weighted by Crippen LogP contribution is -2.27. The van der Waals surface area contributed by atoms with E-state index in [1.54, 1.807) is 43.3 Å². The van der Waals surface area contributed by atoms with Gasteiger partial charge in [-0.2, -0.15) is 4.68 Å². The Kier molecular flexibility index (Phi) is 6.46. The molecule has 0 aliphatic heterocycles. The number of rotatable bonds is 8. The number of halogens is 1. The minimum Gasteiger partial charge on any atom is -0.489 e. The second-order valence-electron chi connectivity index (χ2n) is 6.32. The molecule has 1 N–H and O–H groups in total. The SMILES string of the molecule is Cc1cc([N+](=O)[O-])nn1CCNC(=O)c1ccc(COc2ccc(Cl)cc2)cc1. The lowest BCUT2D eigenvalue weighted by Gasteiger charge is -2.08. The Balaban J connectivity index is 1.48. The Morgan fingerprint density at radius 2 is 1.90 bits per heavy atom. The van der Waals surface area contributed by atoms with Crippen molar-refractivity contribution in [2.75, 3.05) is 6.54 Å². The first kappa shape index (κ1) is 20.3. The highest BCUT2D eigenvalue weighted by molar-refractivity contribution is 6.30. The van der Waals surface area contributed by atoms with Crippen LogP contribution in [0.5, 0.6) is 5.75 Å². The highest BCUT2D eigenvalue weighted by Gasteiger charge is 2.15. The zero-order valence-electron chi connectivity index (χ0n) is 15.7. The Bertz CT molecular complexity index is 1000. The topological polar surface area (TPSA) is 99.3 Å². The van der Waals surface area contributed by atoms with Crippen LogP contribution in [0.4, 0.5) is 5.82 Å². The molecule has 0 saturated heterocycles. The minimum absolute atomic E-state index is 0.203. The molecule has 2 aromatic carbocycles. The van der Waals surface area contributed by atoms with Gasteiger partial charge in [0.15, 0.2) is 0 Å². The molecule has 0 aliphatic rings. The summed E-state index contributed by atoms with van der Waals surface area (Å²) in [7, 11) is 0. The first-order valence-electron chi connectivity index (χ1n) is 8.87. The van der Waals surface area contributed by atoms with Gasteiger partial charge in [0.05, 0.1) is 23.4 Å². The van der Waals surface area contributed by atoms with Gasteiger partial charge in [0.2, 0.25) is 0 Å². The molecule has 0 saturated carbocycles. The summed E-state index contributed by atoms with van der Waals surface area (Å²) < 4.78 is 7.17. The quantitative estimate of drug-likeness (QED) is 0.447. The summed E-state index contributed by atoms with van der Waals surface area (Å²) in [5, 5.41) is 18.1. The van der Waals surface area contributed by atoms with Gasteiger partial charge in [0, 0.05) is 17.1 Å². The molecule has 8 nitrogen and oxygen atoms in total. The first-order valence-corrected chi connectivity index (χ1v) is 9.24. The summed E-state index contributed by atoms with van der Waals surface area (Å²) in [4.78, 5) is 22.5. The van der Waals surface area contributed by atoms with E-state index in [2.05, 4.69) is 10.4 Å². The van der Waals surface area contributed by atoms with Crippen molar-refractivity contribution in [2.45, 2.75) is 20.1 Å². The maximum Gasteiger partial charge on any atom is 0.390 e. The Labute approximate surface area is 172 Å². The molecule has 0 radical (unpaired) electrons. The summed E-state index contributed by atoms with van der Waals surface area (Å²) >= 11 is 5.84. The van der Waals surface area contributed by atoms with Crippen molar-refractivity contribution in [1.29, 1.82) is 0 Å². The van der Waals surface area contributed by atoms with Crippen molar-refractivity contribution in [2.24, 2.45) is 0 Å². The number of aryl methyl sites for hydroxylation is 1. The summed E-state index contributed by atoms with van der Waals surface area (Å²) in [5.74, 6) is 0.282. The van der Waals surface area contributed by atoms with Crippen molar-refractivity contribution in [3.05, 3.63) is 86.6 Å². The molecule has 3 rings (SSSR count). The van der Waals surface area contributed by atoms with Crippen molar-refractivity contribution in [3.8, 4) is 5.75 Å². The van der Waals surface area contributed by atoms with Gasteiger partial charge < -0.3 is 20.2 Å². The Morgan fingerprint density at radius 3 is 2.52 bits per heavy atom. The molecule has 0 spiro atoms. The Hall–Kier alpha value is -3.39. The summed E-state index contributed by atoms with van der Waals surface area (Å²) in [6.45, 7) is 2.76. The number of nitrogens with zero attached hydrogens (tertiary/aromatic N) is 3. The third-order valence-electron chi connectivity index (χ3n) is 4.20. The van der Waals surface area contributed by atoms with E-state index < -0.39 is 4.92 Å². The van der Waals surface area contributed by atoms with Crippen LogP contribution in [-0.2, 0) is 13.2 Å². The fourth-order valence-corrected chi connectivity index (χ4v) is 2.76. The van der Waals surface area contributed by atoms with Crippen LogP contribution in [-0.4, -0.2) is 27.2 Å². The fourth-order valence-electron chi connectivity index (χ4n) is 2.64. The molecular formula is C20H19ClN4O4. The van der Waals surface area contributed by atoms with E-state index in [1.165, 1.54) is 10.7 Å². The lowest BCUT2D eigenvalue weighted by atomic mass is 10.1. The number of aromatic nitrogens is 2. The van der Waals surface area contributed by atoms with Crippen LogP contribution in [0.3, 0.4) is 0 Å². The molecule has 1 heterocycles. The van der Waals surface area contributed by atoms with Crippen LogP contribution in [0, 0.1) is 17.0 Å². The van der Waals surface area contributed by atoms with Crippen molar-refractivity contribution in [3.63, 3.8) is 0 Å². The number of carbonyl (C=O) groups excluding carboxylic acids is 1. The predicted octanol–water partition coefficient (Wildman–Crippen LogP) is 3.76. The standard InChI is InChI=1S/C20H19ClN4O4/c1-14-12-19(25(27)28)23-24(14)11-10-22-20(26)16-4-2-15(3-5-16)13-29-18-8-6-17(21)7-9-18/h2-9,12H,10-11,13H2,1H3,(H,22,26). The van der Waals surface area contributed by atoms with Gasteiger partial charge in [-0.1, -0.05) is 23.7 Å². The Morgan fingerprint density at radius 1 is 1.21 bits per heavy atom. The van der Waals surface area contributed by atoms with Crippen molar-refractivity contribution < 1.29 is 14.5 Å². The molecule has 0 atom stereocenters. The van der Waals surface area contributed by atoms with Crippen molar-refractivity contribution >= 4 is 23.3 Å². The number of benzene rings is 2. The monoisotopic (exact) mass is 414 g/mol. The van der Waals surface area contributed by atoms with E-state index in [0.717, 1.165) is 5.56 Å². The average molecular weight is 415 g/mol. The largest absolute Gasteiger partial charge is 0.489 e. The zero-order valence-corrected chi connectivity index (χ0v) is 16.4. The number of hydrogen-bond acceptors (Lipinski definition) is 5. The number of hydrogen-bond donors (Lipinski definition) is 1. The van der Waals surface area contributed by atoms with Crippen LogP contribution in [0.1, 0.15) is 21.6 Å². The molecule has 150 valence electrons. The third-order valence-corrected chi connectivity index (χ3v) is 4.45. The number of ether oxygens (including phenoxy) is 1. The van der Waals surface area contributed by atoms with E-state index >= 15 is 0 Å². The summed E-state index contributed by atoms with van der Waals surface area (Å²) in [6.07, 6.45) is 0. The molecule has 0 bridgehead atoms.